The Morgan fingerprint density at radius 2 is 1.57 bits per heavy atom. The van der Waals surface area contributed by atoms with E-state index in [1.807, 2.05) is 11.8 Å². The van der Waals surface area contributed by atoms with E-state index in [1.165, 1.54) is 80.0 Å². The van der Waals surface area contributed by atoms with Crippen molar-refractivity contribution in [3.63, 3.8) is 0 Å². The Balaban J connectivity index is 1.97. The monoisotopic (exact) mass is 329 g/mol. The summed E-state index contributed by atoms with van der Waals surface area (Å²) in [5.74, 6) is 1.15. The summed E-state index contributed by atoms with van der Waals surface area (Å²) >= 11 is 1.96. The highest BCUT2D eigenvalue weighted by Gasteiger charge is 2.15. The topological polar surface area (TPSA) is 4.93 Å². The zero-order valence-electron chi connectivity index (χ0n) is 14.9. The van der Waals surface area contributed by atoms with Crippen LogP contribution in [0, 0.1) is 0 Å². The van der Waals surface area contributed by atoms with E-state index in [4.69, 9.17) is 0 Å². The average Bonchev–Trinajstić information content (AvgIpc) is 2.79. The zero-order valence-corrected chi connectivity index (χ0v) is 15.7. The summed E-state index contributed by atoms with van der Waals surface area (Å²) in [5, 5.41) is 1.53. The van der Waals surface area contributed by atoms with Gasteiger partial charge in [-0.25, -0.2) is 0 Å². The smallest absolute Gasteiger partial charge is 0.0483 e. The van der Waals surface area contributed by atoms with Crippen LogP contribution >= 0.6 is 11.8 Å². The predicted octanol–water partition coefficient (Wildman–Crippen LogP) is 6.51. The van der Waals surface area contributed by atoms with Gasteiger partial charge >= 0.3 is 0 Å². The Labute approximate surface area is 145 Å². The van der Waals surface area contributed by atoms with Crippen LogP contribution in [0.25, 0.3) is 10.9 Å². The minimum Gasteiger partial charge on any atom is -0.347 e. The first-order valence-corrected chi connectivity index (χ1v) is 10.5. The minimum atomic E-state index is 1.15. The molecule has 126 valence electrons. The van der Waals surface area contributed by atoms with Crippen LogP contribution in [0.1, 0.15) is 69.5 Å². The van der Waals surface area contributed by atoms with Gasteiger partial charge in [-0.1, -0.05) is 45.4 Å². The first-order valence-electron chi connectivity index (χ1n) is 9.54. The van der Waals surface area contributed by atoms with Crippen LogP contribution in [0.5, 0.6) is 0 Å². The van der Waals surface area contributed by atoms with Crippen LogP contribution in [0.4, 0.5) is 0 Å². The van der Waals surface area contributed by atoms with Crippen LogP contribution in [0.2, 0.25) is 0 Å². The van der Waals surface area contributed by atoms with Crippen molar-refractivity contribution in [2.45, 2.75) is 76.0 Å². The van der Waals surface area contributed by atoms with Crippen LogP contribution in [0.3, 0.4) is 0 Å². The lowest BCUT2D eigenvalue weighted by Crippen LogP contribution is -2.01. The quantitative estimate of drug-likeness (QED) is 0.568. The summed E-state index contributed by atoms with van der Waals surface area (Å²) in [6, 6.07) is 7.10. The van der Waals surface area contributed by atoms with Crippen molar-refractivity contribution in [3.8, 4) is 0 Å². The third kappa shape index (κ3) is 3.96. The maximum Gasteiger partial charge on any atom is 0.0483 e. The number of hydrogen-bond acceptors (Lipinski definition) is 1. The summed E-state index contributed by atoms with van der Waals surface area (Å²) in [6.07, 6.45) is 13.8. The summed E-state index contributed by atoms with van der Waals surface area (Å²) in [5.41, 5.74) is 4.70. The second-order valence-corrected chi connectivity index (χ2v) is 8.26. The average molecular weight is 330 g/mol. The van der Waals surface area contributed by atoms with Crippen LogP contribution in [-0.2, 0) is 19.9 Å². The van der Waals surface area contributed by atoms with E-state index in [1.54, 1.807) is 11.3 Å². The lowest BCUT2D eigenvalue weighted by atomic mass is 9.98. The molecule has 2 heteroatoms. The standard InChI is InChI=1S/C21H31NS/c1-3-23-17-14-15-21-19(16-17)18-12-10-8-6-4-5-7-9-11-13-20(18)22(21)2/h14-16H,3-13H2,1-2H3. The van der Waals surface area contributed by atoms with Crippen LogP contribution < -0.4 is 0 Å². The molecule has 0 saturated heterocycles. The van der Waals surface area contributed by atoms with Gasteiger partial charge in [0.05, 0.1) is 0 Å². The molecule has 0 fully saturated rings. The molecule has 0 atom stereocenters. The Morgan fingerprint density at radius 1 is 0.913 bits per heavy atom. The highest BCUT2D eigenvalue weighted by Crippen LogP contribution is 2.32. The van der Waals surface area contributed by atoms with Gasteiger partial charge in [0.25, 0.3) is 0 Å². The summed E-state index contributed by atoms with van der Waals surface area (Å²) in [6.45, 7) is 2.24. The van der Waals surface area contributed by atoms with E-state index in [0.29, 0.717) is 0 Å². The Kier molecular flexibility index (Phi) is 6.10. The van der Waals surface area contributed by atoms with E-state index in [-0.39, 0.29) is 0 Å². The van der Waals surface area contributed by atoms with Crippen LogP contribution in [0.15, 0.2) is 23.1 Å². The van der Waals surface area contributed by atoms with Crippen molar-refractivity contribution < 1.29 is 0 Å². The second kappa shape index (κ2) is 8.28. The van der Waals surface area contributed by atoms with Crippen molar-refractivity contribution >= 4 is 22.7 Å². The largest absolute Gasteiger partial charge is 0.347 e. The molecule has 0 aliphatic heterocycles. The van der Waals surface area contributed by atoms with Crippen molar-refractivity contribution in [3.05, 3.63) is 29.5 Å². The van der Waals surface area contributed by atoms with Crippen LogP contribution in [-0.4, -0.2) is 10.3 Å². The van der Waals surface area contributed by atoms with Gasteiger partial charge in [-0.2, -0.15) is 0 Å². The van der Waals surface area contributed by atoms with Crippen molar-refractivity contribution in [1.29, 1.82) is 0 Å². The molecular formula is C21H31NS. The molecule has 1 aromatic heterocycles. The fraction of sp³-hybridized carbons (Fsp3) is 0.619. The Morgan fingerprint density at radius 3 is 2.26 bits per heavy atom. The Hall–Kier alpha value is -0.890. The fourth-order valence-corrected chi connectivity index (χ4v) is 4.76. The van der Waals surface area contributed by atoms with Crippen molar-refractivity contribution in [2.24, 2.45) is 7.05 Å². The molecule has 2 aromatic rings. The molecule has 1 heterocycles. The highest BCUT2D eigenvalue weighted by molar-refractivity contribution is 7.99. The molecule has 1 aromatic carbocycles. The molecule has 0 radical (unpaired) electrons. The maximum atomic E-state index is 2.48. The second-order valence-electron chi connectivity index (χ2n) is 6.92. The maximum absolute atomic E-state index is 2.48. The molecule has 0 spiro atoms. The van der Waals surface area contributed by atoms with Gasteiger partial charge in [0.15, 0.2) is 0 Å². The number of aryl methyl sites for hydroxylation is 2. The normalized spacial score (nSPS) is 17.5. The van der Waals surface area contributed by atoms with E-state index in [9.17, 15) is 0 Å². The highest BCUT2D eigenvalue weighted by atomic mass is 32.2. The van der Waals surface area contributed by atoms with E-state index in [2.05, 4.69) is 36.7 Å². The lowest BCUT2D eigenvalue weighted by molar-refractivity contribution is 0.555. The number of benzene rings is 1. The number of thioether (sulfide) groups is 1. The van der Waals surface area contributed by atoms with Gasteiger partial charge in [0, 0.05) is 28.5 Å². The predicted molar refractivity (Wildman–Crippen MR) is 104 cm³/mol. The van der Waals surface area contributed by atoms with Gasteiger partial charge < -0.3 is 4.57 Å². The molecule has 23 heavy (non-hydrogen) atoms. The molecule has 0 amide bonds. The number of hydrogen-bond donors (Lipinski definition) is 0. The number of aromatic nitrogens is 1. The lowest BCUT2D eigenvalue weighted by Gasteiger charge is -2.10. The van der Waals surface area contributed by atoms with Gasteiger partial charge in [0.1, 0.15) is 0 Å². The summed E-state index contributed by atoms with van der Waals surface area (Å²) in [7, 11) is 2.28. The number of nitrogens with zero attached hydrogens (tertiary/aromatic N) is 1. The first kappa shape index (κ1) is 17.0. The van der Waals surface area contributed by atoms with Gasteiger partial charge in [-0.05, 0) is 55.2 Å². The molecule has 0 unspecified atom stereocenters. The van der Waals surface area contributed by atoms with E-state index in [0.717, 1.165) is 5.75 Å². The third-order valence-corrected chi connectivity index (χ3v) is 6.19. The third-order valence-electron chi connectivity index (χ3n) is 5.31. The molecule has 0 saturated carbocycles. The minimum absolute atomic E-state index is 1.15. The zero-order chi connectivity index (χ0) is 16.1. The summed E-state index contributed by atoms with van der Waals surface area (Å²) < 4.78 is 2.48. The van der Waals surface area contributed by atoms with Crippen molar-refractivity contribution in [1.82, 2.24) is 4.57 Å². The molecule has 0 N–H and O–H groups in total. The van der Waals surface area contributed by atoms with Crippen molar-refractivity contribution in [2.75, 3.05) is 5.75 Å². The molecule has 1 nitrogen and oxygen atoms in total. The first-order chi connectivity index (χ1) is 11.3. The fourth-order valence-electron chi connectivity index (χ4n) is 4.06. The van der Waals surface area contributed by atoms with E-state index < -0.39 is 0 Å². The molecule has 3 rings (SSSR count). The number of rotatable bonds is 2. The molecular weight excluding hydrogens is 298 g/mol. The molecule has 1 aliphatic carbocycles. The van der Waals surface area contributed by atoms with Gasteiger partial charge in [-0.15, -0.1) is 11.8 Å². The summed E-state index contributed by atoms with van der Waals surface area (Å²) in [4.78, 5) is 1.43. The van der Waals surface area contributed by atoms with Gasteiger partial charge in [-0.3, -0.25) is 0 Å². The van der Waals surface area contributed by atoms with E-state index >= 15 is 0 Å². The Bertz CT molecular complexity index is 641. The SMILES string of the molecule is CCSc1ccc2c(c1)c1c(n2C)CCCCCCCCCC1. The molecule has 0 bridgehead atoms. The van der Waals surface area contributed by atoms with Gasteiger partial charge in [0.2, 0.25) is 0 Å². The number of fused-ring (bicyclic) bond motifs is 3. The molecule has 1 aliphatic rings.